The summed E-state index contributed by atoms with van der Waals surface area (Å²) in [7, 11) is 0. The van der Waals surface area contributed by atoms with E-state index in [2.05, 4.69) is 20.6 Å². The Hall–Kier alpha value is -2.77. The van der Waals surface area contributed by atoms with Gasteiger partial charge in [0, 0.05) is 18.3 Å². The van der Waals surface area contributed by atoms with Crippen LogP contribution in [0.25, 0.3) is 0 Å². The van der Waals surface area contributed by atoms with Gasteiger partial charge < -0.3 is 25.1 Å². The van der Waals surface area contributed by atoms with Crippen molar-refractivity contribution in [3.05, 3.63) is 42.4 Å². The summed E-state index contributed by atoms with van der Waals surface area (Å²) in [6.45, 7) is 0.190. The SMILES string of the molecule is O=C(NCc1ccco1)N[C@@H](Cc1cnc[nH]1)C(=O)O. The van der Waals surface area contributed by atoms with Crippen LogP contribution in [0.4, 0.5) is 4.79 Å². The molecule has 0 radical (unpaired) electrons. The molecular formula is C12H14N4O4. The molecule has 1 atom stereocenters. The fourth-order valence-corrected chi connectivity index (χ4v) is 1.61. The molecule has 0 bridgehead atoms. The Morgan fingerprint density at radius 1 is 1.50 bits per heavy atom. The quantitative estimate of drug-likeness (QED) is 0.613. The summed E-state index contributed by atoms with van der Waals surface area (Å²) in [6, 6.07) is 1.80. The van der Waals surface area contributed by atoms with Crippen LogP contribution in [0.5, 0.6) is 0 Å². The summed E-state index contributed by atoms with van der Waals surface area (Å²) in [6.07, 6.45) is 4.58. The zero-order valence-electron chi connectivity index (χ0n) is 10.5. The Morgan fingerprint density at radius 3 is 2.95 bits per heavy atom. The van der Waals surface area contributed by atoms with Gasteiger partial charge in [-0.15, -0.1) is 0 Å². The van der Waals surface area contributed by atoms with E-state index in [0.717, 1.165) is 0 Å². The number of H-pyrrole nitrogens is 1. The lowest BCUT2D eigenvalue weighted by molar-refractivity contribution is -0.139. The summed E-state index contributed by atoms with van der Waals surface area (Å²) in [5.41, 5.74) is 0.628. The summed E-state index contributed by atoms with van der Waals surface area (Å²) < 4.78 is 5.05. The first-order chi connectivity index (χ1) is 9.65. The summed E-state index contributed by atoms with van der Waals surface area (Å²) in [5, 5.41) is 14.0. The number of aromatic amines is 1. The third-order valence-corrected chi connectivity index (χ3v) is 2.59. The first-order valence-corrected chi connectivity index (χ1v) is 5.92. The average molecular weight is 278 g/mol. The van der Waals surface area contributed by atoms with Crippen molar-refractivity contribution in [2.75, 3.05) is 0 Å². The van der Waals surface area contributed by atoms with Gasteiger partial charge in [-0.05, 0) is 12.1 Å². The lowest BCUT2D eigenvalue weighted by Gasteiger charge is -2.14. The third-order valence-electron chi connectivity index (χ3n) is 2.59. The molecule has 0 aliphatic heterocycles. The normalized spacial score (nSPS) is 11.8. The fourth-order valence-electron chi connectivity index (χ4n) is 1.61. The Bertz CT molecular complexity index is 550. The summed E-state index contributed by atoms with van der Waals surface area (Å²) in [5.74, 6) is -0.534. The number of hydrogen-bond donors (Lipinski definition) is 4. The molecule has 2 amide bonds. The summed E-state index contributed by atoms with van der Waals surface area (Å²) >= 11 is 0. The number of imidazole rings is 1. The standard InChI is InChI=1S/C12H14N4O4/c17-11(18)10(4-8-5-13-7-15-8)16-12(19)14-6-9-2-1-3-20-9/h1-3,5,7,10H,4,6H2,(H,13,15)(H,17,18)(H2,14,16,19)/t10-/m0/s1. The molecule has 0 fully saturated rings. The molecule has 0 unspecified atom stereocenters. The van der Waals surface area contributed by atoms with Crippen LogP contribution in [0.1, 0.15) is 11.5 Å². The maximum atomic E-state index is 11.6. The van der Waals surface area contributed by atoms with Gasteiger partial charge in [0.2, 0.25) is 0 Å². The van der Waals surface area contributed by atoms with Gasteiger partial charge in [-0.3, -0.25) is 0 Å². The molecule has 2 aromatic heterocycles. The van der Waals surface area contributed by atoms with Gasteiger partial charge in [0.05, 0.1) is 19.1 Å². The minimum Gasteiger partial charge on any atom is -0.480 e. The molecular weight excluding hydrogens is 264 g/mol. The zero-order chi connectivity index (χ0) is 14.4. The Labute approximate surface area is 114 Å². The molecule has 2 rings (SSSR count). The van der Waals surface area contributed by atoms with Crippen molar-refractivity contribution in [2.45, 2.75) is 19.0 Å². The second-order valence-electron chi connectivity index (χ2n) is 4.08. The number of aliphatic carboxylic acids is 1. The highest BCUT2D eigenvalue weighted by Crippen LogP contribution is 2.00. The van der Waals surface area contributed by atoms with E-state index in [0.29, 0.717) is 11.5 Å². The summed E-state index contributed by atoms with van der Waals surface area (Å²) in [4.78, 5) is 29.3. The van der Waals surface area contributed by atoms with Gasteiger partial charge in [-0.2, -0.15) is 0 Å². The maximum Gasteiger partial charge on any atom is 0.326 e. The Balaban J connectivity index is 1.84. The first-order valence-electron chi connectivity index (χ1n) is 5.92. The van der Waals surface area contributed by atoms with Gasteiger partial charge in [0.25, 0.3) is 0 Å². The van der Waals surface area contributed by atoms with E-state index in [1.54, 1.807) is 12.1 Å². The minimum atomic E-state index is -1.12. The van der Waals surface area contributed by atoms with Gasteiger partial charge in [-0.25, -0.2) is 14.6 Å². The highest BCUT2D eigenvalue weighted by Gasteiger charge is 2.20. The second kappa shape index (κ2) is 6.41. The van der Waals surface area contributed by atoms with Crippen LogP contribution >= 0.6 is 0 Å². The number of nitrogens with zero attached hydrogens (tertiary/aromatic N) is 1. The third kappa shape index (κ3) is 3.87. The topological polar surface area (TPSA) is 120 Å². The molecule has 0 aliphatic rings. The number of carboxylic acids is 1. The highest BCUT2D eigenvalue weighted by atomic mass is 16.4. The van der Waals surface area contributed by atoms with Crippen LogP contribution in [0.3, 0.4) is 0 Å². The van der Waals surface area contributed by atoms with Crippen molar-refractivity contribution in [3.63, 3.8) is 0 Å². The minimum absolute atomic E-state index is 0.128. The van der Waals surface area contributed by atoms with Crippen molar-refractivity contribution in [1.29, 1.82) is 0 Å². The van der Waals surface area contributed by atoms with E-state index >= 15 is 0 Å². The van der Waals surface area contributed by atoms with E-state index in [-0.39, 0.29) is 13.0 Å². The van der Waals surface area contributed by atoms with Crippen molar-refractivity contribution in [2.24, 2.45) is 0 Å². The first kappa shape index (κ1) is 13.7. The number of rotatable bonds is 6. The van der Waals surface area contributed by atoms with E-state index in [1.807, 2.05) is 0 Å². The van der Waals surface area contributed by atoms with Crippen LogP contribution in [-0.2, 0) is 17.8 Å². The van der Waals surface area contributed by atoms with Crippen molar-refractivity contribution in [1.82, 2.24) is 20.6 Å². The molecule has 0 saturated heterocycles. The largest absolute Gasteiger partial charge is 0.480 e. The molecule has 0 spiro atoms. The van der Waals surface area contributed by atoms with Crippen molar-refractivity contribution in [3.8, 4) is 0 Å². The fraction of sp³-hybridized carbons (Fsp3) is 0.250. The monoisotopic (exact) mass is 278 g/mol. The van der Waals surface area contributed by atoms with E-state index in [4.69, 9.17) is 9.52 Å². The lowest BCUT2D eigenvalue weighted by Crippen LogP contribution is -2.46. The smallest absolute Gasteiger partial charge is 0.326 e. The molecule has 20 heavy (non-hydrogen) atoms. The molecule has 8 nitrogen and oxygen atoms in total. The number of carbonyl (C=O) groups excluding carboxylic acids is 1. The van der Waals surface area contributed by atoms with Crippen LogP contribution in [0.2, 0.25) is 0 Å². The zero-order valence-corrected chi connectivity index (χ0v) is 10.5. The van der Waals surface area contributed by atoms with E-state index in [9.17, 15) is 9.59 Å². The Morgan fingerprint density at radius 2 is 2.35 bits per heavy atom. The number of furan rings is 1. The number of carboxylic acid groups (broad SMARTS) is 1. The maximum absolute atomic E-state index is 11.6. The number of nitrogens with one attached hydrogen (secondary N) is 3. The van der Waals surface area contributed by atoms with Gasteiger partial charge in [0.15, 0.2) is 0 Å². The molecule has 8 heteroatoms. The molecule has 2 aromatic rings. The molecule has 2 heterocycles. The van der Waals surface area contributed by atoms with Crippen molar-refractivity contribution < 1.29 is 19.1 Å². The predicted octanol–water partition coefficient (Wildman–Crippen LogP) is 0.498. The molecule has 106 valence electrons. The predicted molar refractivity (Wildman–Crippen MR) is 67.8 cm³/mol. The average Bonchev–Trinajstić information content (AvgIpc) is 3.08. The van der Waals surface area contributed by atoms with Crippen LogP contribution in [0, 0.1) is 0 Å². The van der Waals surface area contributed by atoms with Crippen LogP contribution in [0.15, 0.2) is 35.3 Å². The van der Waals surface area contributed by atoms with Crippen molar-refractivity contribution >= 4 is 12.0 Å². The number of carbonyl (C=O) groups is 2. The van der Waals surface area contributed by atoms with Gasteiger partial charge >= 0.3 is 12.0 Å². The van der Waals surface area contributed by atoms with Crippen LogP contribution < -0.4 is 10.6 Å². The number of aromatic nitrogens is 2. The molecule has 0 aliphatic carbocycles. The number of urea groups is 1. The highest BCUT2D eigenvalue weighted by molar-refractivity contribution is 5.82. The second-order valence-corrected chi connectivity index (χ2v) is 4.08. The number of hydrogen-bond acceptors (Lipinski definition) is 4. The van der Waals surface area contributed by atoms with E-state index < -0.39 is 18.0 Å². The van der Waals surface area contributed by atoms with Crippen LogP contribution in [-0.4, -0.2) is 33.1 Å². The van der Waals surface area contributed by atoms with Gasteiger partial charge in [0.1, 0.15) is 11.8 Å². The molecule has 0 aromatic carbocycles. The lowest BCUT2D eigenvalue weighted by atomic mass is 10.2. The number of amides is 2. The van der Waals surface area contributed by atoms with Gasteiger partial charge in [-0.1, -0.05) is 0 Å². The molecule has 4 N–H and O–H groups in total. The van der Waals surface area contributed by atoms with E-state index in [1.165, 1.54) is 18.8 Å². The molecule has 0 saturated carbocycles. The Kier molecular flexibility index (Phi) is 4.38.